The zero-order valence-electron chi connectivity index (χ0n) is 16.7. The van der Waals surface area contributed by atoms with Crippen LogP contribution in [0.4, 0.5) is 10.5 Å². The molecule has 0 aliphatic heterocycles. The number of aryl methyl sites for hydroxylation is 1. The van der Waals surface area contributed by atoms with Gasteiger partial charge in [-0.2, -0.15) is 0 Å². The van der Waals surface area contributed by atoms with Crippen molar-refractivity contribution in [2.75, 3.05) is 5.32 Å². The third-order valence-electron chi connectivity index (χ3n) is 5.64. The number of rotatable bonds is 4. The summed E-state index contributed by atoms with van der Waals surface area (Å²) in [5.41, 5.74) is 3.69. The highest BCUT2D eigenvalue weighted by Crippen LogP contribution is 2.28. The number of amides is 2. The maximum absolute atomic E-state index is 13.3. The molecule has 1 aliphatic carbocycles. The molecule has 2 aromatic carbocycles. The van der Waals surface area contributed by atoms with Crippen molar-refractivity contribution in [2.24, 2.45) is 0 Å². The fraction of sp³-hybridized carbons (Fsp3) is 0.333. The van der Waals surface area contributed by atoms with Gasteiger partial charge in [0.05, 0.1) is 12.1 Å². The number of para-hydroxylation sites is 1. The van der Waals surface area contributed by atoms with Crippen molar-refractivity contribution in [3.63, 3.8) is 0 Å². The van der Waals surface area contributed by atoms with E-state index in [9.17, 15) is 4.79 Å². The average molecular weight is 408 g/mol. The molecule has 0 atom stereocenters. The molecule has 29 heavy (non-hydrogen) atoms. The number of anilines is 1. The Morgan fingerprint density at radius 3 is 2.69 bits per heavy atom. The van der Waals surface area contributed by atoms with Gasteiger partial charge in [0.15, 0.2) is 0 Å². The van der Waals surface area contributed by atoms with Crippen molar-refractivity contribution in [3.8, 4) is 0 Å². The molecule has 0 saturated heterocycles. The van der Waals surface area contributed by atoms with Gasteiger partial charge in [-0.25, -0.2) is 9.78 Å². The van der Waals surface area contributed by atoms with E-state index in [2.05, 4.69) is 16.4 Å². The molecule has 1 aromatic heterocycles. The van der Waals surface area contributed by atoms with Gasteiger partial charge in [-0.3, -0.25) is 0 Å². The van der Waals surface area contributed by atoms with Crippen LogP contribution in [0.5, 0.6) is 0 Å². The zero-order valence-corrected chi connectivity index (χ0v) is 17.5. The number of urea groups is 1. The Hall–Kier alpha value is -2.59. The summed E-state index contributed by atoms with van der Waals surface area (Å²) < 4.78 is 0. The Kier molecular flexibility index (Phi) is 6.00. The smallest absolute Gasteiger partial charge is 0.317 e. The van der Waals surface area contributed by atoms with Crippen molar-refractivity contribution in [1.82, 2.24) is 9.88 Å². The van der Waals surface area contributed by atoms with Crippen molar-refractivity contribution < 1.29 is 4.79 Å². The quantitative estimate of drug-likeness (QED) is 0.497. The molecule has 0 radical (unpaired) electrons. The molecule has 1 fully saturated rings. The van der Waals surface area contributed by atoms with Crippen molar-refractivity contribution >= 4 is 34.2 Å². The Morgan fingerprint density at radius 1 is 1.10 bits per heavy atom. The van der Waals surface area contributed by atoms with Crippen LogP contribution >= 0.6 is 11.6 Å². The number of nitrogens with one attached hydrogen (secondary N) is 1. The summed E-state index contributed by atoms with van der Waals surface area (Å²) in [7, 11) is 0. The van der Waals surface area contributed by atoms with E-state index in [1.165, 1.54) is 6.42 Å². The van der Waals surface area contributed by atoms with E-state index < -0.39 is 0 Å². The molecule has 150 valence electrons. The predicted octanol–water partition coefficient (Wildman–Crippen LogP) is 6.56. The second-order valence-corrected chi connectivity index (χ2v) is 8.21. The number of carbonyl (C=O) groups excluding carboxylic acids is 1. The summed E-state index contributed by atoms with van der Waals surface area (Å²) in [6, 6.07) is 18.0. The standard InChI is InChI=1S/C24H26ClN3O/c1-17-8-7-10-20(14-17)26-24(29)28(21-11-3-2-4-12-21)16-19-15-18-9-5-6-13-22(18)27-23(19)25/h5-10,13-15,21H,2-4,11-12,16H2,1H3,(H,26,29). The lowest BCUT2D eigenvalue weighted by Gasteiger charge is -2.34. The zero-order chi connectivity index (χ0) is 20.2. The van der Waals surface area contributed by atoms with Crippen molar-refractivity contribution in [1.29, 1.82) is 0 Å². The van der Waals surface area contributed by atoms with Crippen molar-refractivity contribution in [2.45, 2.75) is 51.6 Å². The molecule has 0 bridgehead atoms. The number of pyridine rings is 1. The van der Waals surface area contributed by atoms with Gasteiger partial charge >= 0.3 is 6.03 Å². The Bertz CT molecular complexity index is 1010. The van der Waals surface area contributed by atoms with E-state index in [4.69, 9.17) is 11.6 Å². The lowest BCUT2D eigenvalue weighted by atomic mass is 9.94. The molecular weight excluding hydrogens is 382 g/mol. The Balaban J connectivity index is 1.62. The van der Waals surface area contributed by atoms with Gasteiger partial charge in [-0.05, 0) is 49.6 Å². The lowest BCUT2D eigenvalue weighted by molar-refractivity contribution is 0.163. The van der Waals surface area contributed by atoms with Gasteiger partial charge < -0.3 is 10.2 Å². The first-order chi connectivity index (χ1) is 14.1. The Labute approximate surface area is 176 Å². The molecular formula is C24H26ClN3O. The SMILES string of the molecule is Cc1cccc(NC(=O)N(Cc2cc3ccccc3nc2Cl)C2CCCCC2)c1. The van der Waals surface area contributed by atoms with Crippen LogP contribution < -0.4 is 5.32 Å². The number of halogens is 1. The molecule has 4 rings (SSSR count). The predicted molar refractivity (Wildman–Crippen MR) is 119 cm³/mol. The van der Waals surface area contributed by atoms with Crippen molar-refractivity contribution in [3.05, 3.63) is 70.9 Å². The first-order valence-corrected chi connectivity index (χ1v) is 10.7. The summed E-state index contributed by atoms with van der Waals surface area (Å²) in [5, 5.41) is 4.58. The largest absolute Gasteiger partial charge is 0.322 e. The molecule has 3 aromatic rings. The number of hydrogen-bond donors (Lipinski definition) is 1. The topological polar surface area (TPSA) is 45.2 Å². The summed E-state index contributed by atoms with van der Waals surface area (Å²) in [6.45, 7) is 2.48. The lowest BCUT2D eigenvalue weighted by Crippen LogP contribution is -2.43. The number of hydrogen-bond acceptors (Lipinski definition) is 2. The minimum absolute atomic E-state index is 0.0771. The summed E-state index contributed by atoms with van der Waals surface area (Å²) in [4.78, 5) is 19.7. The molecule has 1 aliphatic rings. The van der Waals surface area contributed by atoms with Crippen LogP contribution in [-0.2, 0) is 6.54 Å². The molecule has 1 N–H and O–H groups in total. The minimum Gasteiger partial charge on any atom is -0.317 e. The van der Waals surface area contributed by atoms with Crippen LogP contribution in [0.15, 0.2) is 54.6 Å². The van der Waals surface area contributed by atoms with E-state index in [-0.39, 0.29) is 12.1 Å². The molecule has 2 amide bonds. The van der Waals surface area contributed by atoms with Gasteiger partial charge in [-0.15, -0.1) is 0 Å². The van der Waals surface area contributed by atoms with E-state index in [0.717, 1.165) is 53.4 Å². The summed E-state index contributed by atoms with van der Waals surface area (Å²) >= 11 is 6.50. The molecule has 4 nitrogen and oxygen atoms in total. The highest BCUT2D eigenvalue weighted by molar-refractivity contribution is 6.30. The highest BCUT2D eigenvalue weighted by atomic mass is 35.5. The normalized spacial score (nSPS) is 14.7. The van der Waals surface area contributed by atoms with Crippen LogP contribution in [0.2, 0.25) is 5.15 Å². The van der Waals surface area contributed by atoms with E-state index >= 15 is 0 Å². The first-order valence-electron chi connectivity index (χ1n) is 10.3. The fourth-order valence-electron chi connectivity index (χ4n) is 4.11. The summed E-state index contributed by atoms with van der Waals surface area (Å²) in [5.74, 6) is 0. The molecule has 0 spiro atoms. The van der Waals surface area contributed by atoms with Crippen LogP contribution in [0.3, 0.4) is 0 Å². The number of benzene rings is 2. The second kappa shape index (κ2) is 8.83. The fourth-order valence-corrected chi connectivity index (χ4v) is 4.31. The maximum Gasteiger partial charge on any atom is 0.322 e. The van der Waals surface area contributed by atoms with Crippen LogP contribution in [0, 0.1) is 6.92 Å². The van der Waals surface area contributed by atoms with Gasteiger partial charge in [0.1, 0.15) is 5.15 Å². The second-order valence-electron chi connectivity index (χ2n) is 7.85. The number of carbonyl (C=O) groups is 1. The first kappa shape index (κ1) is 19.7. The number of nitrogens with zero attached hydrogens (tertiary/aromatic N) is 2. The van der Waals surface area contributed by atoms with E-state index in [1.807, 2.05) is 60.4 Å². The average Bonchev–Trinajstić information content (AvgIpc) is 2.72. The van der Waals surface area contributed by atoms with Gasteiger partial charge in [-0.1, -0.05) is 61.2 Å². The molecule has 0 unspecified atom stereocenters. The number of fused-ring (bicyclic) bond motifs is 1. The molecule has 5 heteroatoms. The van der Waals surface area contributed by atoms with Gasteiger partial charge in [0.2, 0.25) is 0 Å². The summed E-state index contributed by atoms with van der Waals surface area (Å²) in [6.07, 6.45) is 5.60. The highest BCUT2D eigenvalue weighted by Gasteiger charge is 2.26. The number of aromatic nitrogens is 1. The van der Waals surface area contributed by atoms with Gasteiger partial charge in [0.25, 0.3) is 0 Å². The maximum atomic E-state index is 13.3. The molecule has 1 saturated carbocycles. The van der Waals surface area contributed by atoms with Crippen LogP contribution in [0.1, 0.15) is 43.2 Å². The van der Waals surface area contributed by atoms with Crippen LogP contribution in [0.25, 0.3) is 10.9 Å². The molecule has 1 heterocycles. The minimum atomic E-state index is -0.0771. The third-order valence-corrected chi connectivity index (χ3v) is 5.96. The third kappa shape index (κ3) is 4.70. The van der Waals surface area contributed by atoms with E-state index in [0.29, 0.717) is 11.7 Å². The Morgan fingerprint density at radius 2 is 1.90 bits per heavy atom. The van der Waals surface area contributed by atoms with Crippen LogP contribution in [-0.4, -0.2) is 22.0 Å². The van der Waals surface area contributed by atoms with E-state index in [1.54, 1.807) is 0 Å². The van der Waals surface area contributed by atoms with Gasteiger partial charge in [0, 0.05) is 22.7 Å². The monoisotopic (exact) mass is 407 g/mol.